The molecule has 1 aromatic carbocycles. The summed E-state index contributed by atoms with van der Waals surface area (Å²) in [6, 6.07) is 11.4. The summed E-state index contributed by atoms with van der Waals surface area (Å²) in [5.74, 6) is -1.11. The number of aromatic carboxylic acids is 1. The highest BCUT2D eigenvalue weighted by Gasteiger charge is 2.47. The van der Waals surface area contributed by atoms with Crippen LogP contribution in [0.25, 0.3) is 0 Å². The van der Waals surface area contributed by atoms with Crippen LogP contribution in [0.1, 0.15) is 44.4 Å². The van der Waals surface area contributed by atoms with Gasteiger partial charge in [0, 0.05) is 17.3 Å². The van der Waals surface area contributed by atoms with Gasteiger partial charge in [-0.25, -0.2) is 4.79 Å². The molecule has 0 aliphatic heterocycles. The van der Waals surface area contributed by atoms with E-state index in [4.69, 9.17) is 5.11 Å². The molecule has 0 saturated heterocycles. The number of thiophene rings is 1. The molecule has 2 aromatic rings. The average molecular weight is 345 g/mol. The van der Waals surface area contributed by atoms with Crippen LogP contribution in [0, 0.1) is 5.41 Å². The number of carbonyl (C=O) groups excluding carboxylic acids is 1. The number of nitrogens with one attached hydrogen (secondary N) is 1. The molecule has 1 aliphatic rings. The second-order valence-corrected chi connectivity index (χ2v) is 7.12. The summed E-state index contributed by atoms with van der Waals surface area (Å²) >= 11 is 1.11. The number of rotatable bonds is 6. The predicted octanol–water partition coefficient (Wildman–Crippen LogP) is 2.73. The highest BCUT2D eigenvalue weighted by atomic mass is 32.1. The minimum absolute atomic E-state index is 0.0116. The summed E-state index contributed by atoms with van der Waals surface area (Å²) in [4.78, 5) is 23.5. The van der Waals surface area contributed by atoms with Crippen molar-refractivity contribution in [3.63, 3.8) is 0 Å². The summed E-state index contributed by atoms with van der Waals surface area (Å²) in [5, 5.41) is 23.1. The van der Waals surface area contributed by atoms with Crippen molar-refractivity contribution in [2.75, 3.05) is 13.2 Å². The topological polar surface area (TPSA) is 86.6 Å². The normalized spacial score (nSPS) is 22.6. The zero-order chi connectivity index (χ0) is 17.2. The summed E-state index contributed by atoms with van der Waals surface area (Å²) in [5.41, 5.74) is 0.952. The quantitative estimate of drug-likeness (QED) is 0.751. The summed E-state index contributed by atoms with van der Waals surface area (Å²) < 4.78 is 0. The van der Waals surface area contributed by atoms with Crippen molar-refractivity contribution in [3.8, 4) is 0 Å². The van der Waals surface area contributed by atoms with Gasteiger partial charge in [-0.3, -0.25) is 4.79 Å². The zero-order valence-corrected chi connectivity index (χ0v) is 13.9. The number of carboxylic acids is 1. The fourth-order valence-corrected chi connectivity index (χ4v) is 4.07. The van der Waals surface area contributed by atoms with Crippen molar-refractivity contribution >= 4 is 23.2 Å². The Bertz CT molecular complexity index is 738. The van der Waals surface area contributed by atoms with Crippen LogP contribution in [0.2, 0.25) is 0 Å². The smallest absolute Gasteiger partial charge is 0.336 e. The molecule has 0 spiro atoms. The molecule has 1 aliphatic carbocycles. The van der Waals surface area contributed by atoms with Crippen molar-refractivity contribution in [1.29, 1.82) is 0 Å². The molecule has 1 aromatic heterocycles. The zero-order valence-electron chi connectivity index (χ0n) is 13.1. The molecule has 5 nitrogen and oxygen atoms in total. The maximum atomic E-state index is 12.3. The predicted molar refractivity (Wildman–Crippen MR) is 91.5 cm³/mol. The van der Waals surface area contributed by atoms with Gasteiger partial charge >= 0.3 is 5.97 Å². The monoisotopic (exact) mass is 345 g/mol. The van der Waals surface area contributed by atoms with Crippen molar-refractivity contribution in [1.82, 2.24) is 5.32 Å². The van der Waals surface area contributed by atoms with Gasteiger partial charge in [0.2, 0.25) is 0 Å². The fourth-order valence-electron chi connectivity index (χ4n) is 3.27. The summed E-state index contributed by atoms with van der Waals surface area (Å²) in [6.07, 6.45) is 1.84. The third-order valence-electron chi connectivity index (χ3n) is 4.86. The van der Waals surface area contributed by atoms with Gasteiger partial charge in [0.15, 0.2) is 0 Å². The Morgan fingerprint density at radius 2 is 2.04 bits per heavy atom. The van der Waals surface area contributed by atoms with Gasteiger partial charge in [-0.15, -0.1) is 11.3 Å². The standard InChI is InChI=1S/C18H19NO4S/c20-11-18(7-6-14(18)12-4-2-1-3-5-12)10-19-16(21)15-8-13(9-24-15)17(22)23/h1-5,8-9,14,20H,6-7,10-11H2,(H,19,21)(H,22,23)/t14-,18-/m0/s1. The van der Waals surface area contributed by atoms with Crippen LogP contribution >= 0.6 is 11.3 Å². The van der Waals surface area contributed by atoms with Crippen LogP contribution in [0.15, 0.2) is 41.8 Å². The molecule has 2 atom stereocenters. The SMILES string of the molecule is O=C(O)c1csc(C(=O)NC[C@]2(CO)CC[C@H]2c2ccccc2)c1. The molecule has 3 N–H and O–H groups in total. The highest BCUT2D eigenvalue weighted by molar-refractivity contribution is 7.12. The lowest BCUT2D eigenvalue weighted by Crippen LogP contribution is -2.50. The third kappa shape index (κ3) is 3.07. The molecular formula is C18H19NO4S. The second kappa shape index (κ2) is 6.75. The van der Waals surface area contributed by atoms with Crippen LogP contribution in [0.4, 0.5) is 0 Å². The van der Waals surface area contributed by atoms with E-state index in [2.05, 4.69) is 17.4 Å². The number of carbonyl (C=O) groups is 2. The van der Waals surface area contributed by atoms with E-state index >= 15 is 0 Å². The van der Waals surface area contributed by atoms with E-state index in [1.54, 1.807) is 0 Å². The molecule has 0 unspecified atom stereocenters. The Balaban J connectivity index is 1.67. The first-order chi connectivity index (χ1) is 11.6. The Kier molecular flexibility index (Phi) is 4.69. The van der Waals surface area contributed by atoms with Crippen molar-refractivity contribution in [2.45, 2.75) is 18.8 Å². The molecule has 1 saturated carbocycles. The van der Waals surface area contributed by atoms with Gasteiger partial charge in [-0.2, -0.15) is 0 Å². The number of benzene rings is 1. The van der Waals surface area contributed by atoms with E-state index in [1.165, 1.54) is 17.0 Å². The molecule has 3 rings (SSSR count). The number of carboxylic acid groups (broad SMARTS) is 1. The number of hydrogen-bond donors (Lipinski definition) is 3. The average Bonchev–Trinajstić information content (AvgIpc) is 3.06. The Morgan fingerprint density at radius 1 is 1.29 bits per heavy atom. The molecule has 0 bridgehead atoms. The molecule has 1 amide bonds. The minimum Gasteiger partial charge on any atom is -0.478 e. The van der Waals surface area contributed by atoms with E-state index < -0.39 is 5.97 Å². The number of aliphatic hydroxyl groups excluding tert-OH is 1. The lowest BCUT2D eigenvalue weighted by Gasteiger charge is -2.49. The van der Waals surface area contributed by atoms with Gasteiger partial charge < -0.3 is 15.5 Å². The Morgan fingerprint density at radius 3 is 2.58 bits per heavy atom. The van der Waals surface area contributed by atoms with Crippen LogP contribution < -0.4 is 5.32 Å². The maximum absolute atomic E-state index is 12.3. The number of hydrogen-bond acceptors (Lipinski definition) is 4. The lowest BCUT2D eigenvalue weighted by molar-refractivity contribution is 0.0165. The first kappa shape index (κ1) is 16.7. The Labute approximate surface area is 144 Å². The summed E-state index contributed by atoms with van der Waals surface area (Å²) in [7, 11) is 0. The molecule has 6 heteroatoms. The molecule has 1 fully saturated rings. The molecule has 0 radical (unpaired) electrons. The molecular weight excluding hydrogens is 326 g/mol. The first-order valence-corrected chi connectivity index (χ1v) is 8.69. The van der Waals surface area contributed by atoms with E-state index in [0.717, 1.165) is 24.2 Å². The third-order valence-corrected chi connectivity index (χ3v) is 5.79. The van der Waals surface area contributed by atoms with Crippen LogP contribution in [-0.2, 0) is 0 Å². The van der Waals surface area contributed by atoms with E-state index in [0.29, 0.717) is 11.4 Å². The summed E-state index contributed by atoms with van der Waals surface area (Å²) in [6.45, 7) is 0.389. The largest absolute Gasteiger partial charge is 0.478 e. The van der Waals surface area contributed by atoms with E-state index in [9.17, 15) is 14.7 Å². The van der Waals surface area contributed by atoms with Crippen LogP contribution in [0.5, 0.6) is 0 Å². The first-order valence-electron chi connectivity index (χ1n) is 7.81. The minimum atomic E-state index is -1.04. The molecule has 126 valence electrons. The number of aliphatic hydroxyl groups is 1. The lowest BCUT2D eigenvalue weighted by atomic mass is 9.58. The van der Waals surface area contributed by atoms with E-state index in [-0.39, 0.29) is 29.4 Å². The van der Waals surface area contributed by atoms with Gasteiger partial charge in [0.05, 0.1) is 17.0 Å². The van der Waals surface area contributed by atoms with Gasteiger partial charge in [-0.05, 0) is 30.4 Å². The van der Waals surface area contributed by atoms with Gasteiger partial charge in [0.25, 0.3) is 5.91 Å². The van der Waals surface area contributed by atoms with Crippen molar-refractivity contribution in [2.24, 2.45) is 5.41 Å². The van der Waals surface area contributed by atoms with Gasteiger partial charge in [0.1, 0.15) is 0 Å². The van der Waals surface area contributed by atoms with Crippen molar-refractivity contribution < 1.29 is 19.8 Å². The van der Waals surface area contributed by atoms with Crippen LogP contribution in [-0.4, -0.2) is 35.2 Å². The van der Waals surface area contributed by atoms with Gasteiger partial charge in [-0.1, -0.05) is 30.3 Å². The maximum Gasteiger partial charge on any atom is 0.336 e. The van der Waals surface area contributed by atoms with Crippen molar-refractivity contribution in [3.05, 3.63) is 57.8 Å². The van der Waals surface area contributed by atoms with Crippen LogP contribution in [0.3, 0.4) is 0 Å². The Hall–Kier alpha value is -2.18. The number of amides is 1. The molecule has 24 heavy (non-hydrogen) atoms. The highest BCUT2D eigenvalue weighted by Crippen LogP contribution is 2.52. The van der Waals surface area contributed by atoms with E-state index in [1.807, 2.05) is 18.2 Å². The molecule has 1 heterocycles. The fraction of sp³-hybridized carbons (Fsp3) is 0.333. The second-order valence-electron chi connectivity index (χ2n) is 6.21.